The Kier molecular flexibility index (Phi) is 1.83. The Bertz CT molecular complexity index is 692. The van der Waals surface area contributed by atoms with Crippen LogP contribution in [0.15, 0.2) is 46.9 Å². The van der Waals surface area contributed by atoms with Gasteiger partial charge in [-0.2, -0.15) is 0 Å². The molecule has 0 aliphatic heterocycles. The third-order valence-electron chi connectivity index (χ3n) is 2.77. The van der Waals surface area contributed by atoms with Gasteiger partial charge in [0.05, 0.1) is 0 Å². The number of hydrogen-bond acceptors (Lipinski definition) is 2. The molecule has 78 valence electrons. The Hall–Kier alpha value is -2.09. The molecule has 3 aromatic rings. The second kappa shape index (κ2) is 3.20. The van der Waals surface area contributed by atoms with Gasteiger partial charge in [0.15, 0.2) is 11.5 Å². The molecule has 16 heavy (non-hydrogen) atoms. The minimum atomic E-state index is -0.0414. The van der Waals surface area contributed by atoms with Crippen LogP contribution in [-0.4, -0.2) is 5.78 Å². The van der Waals surface area contributed by atoms with E-state index >= 15 is 0 Å². The number of Topliss-reactive ketones (excluding diaryl/α,β-unsaturated/α-hetero) is 1. The van der Waals surface area contributed by atoms with E-state index in [0.29, 0.717) is 5.76 Å². The Labute approximate surface area is 92.5 Å². The fourth-order valence-corrected chi connectivity index (χ4v) is 1.97. The molecule has 0 radical (unpaired) electrons. The number of benzene rings is 2. The SMILES string of the molecule is CC(=O)c1cc2c(ccc3ccccc32)o1. The van der Waals surface area contributed by atoms with E-state index in [4.69, 9.17) is 4.42 Å². The molecule has 0 spiro atoms. The lowest BCUT2D eigenvalue weighted by Gasteiger charge is -1.96. The van der Waals surface area contributed by atoms with Crippen molar-refractivity contribution in [1.29, 1.82) is 0 Å². The predicted octanol–water partition coefficient (Wildman–Crippen LogP) is 3.79. The lowest BCUT2D eigenvalue weighted by Crippen LogP contribution is -1.85. The molecule has 0 saturated heterocycles. The van der Waals surface area contributed by atoms with Gasteiger partial charge in [-0.15, -0.1) is 0 Å². The summed E-state index contributed by atoms with van der Waals surface area (Å²) < 4.78 is 5.49. The maximum atomic E-state index is 11.3. The highest BCUT2D eigenvalue weighted by Gasteiger charge is 2.09. The minimum absolute atomic E-state index is 0.0414. The summed E-state index contributed by atoms with van der Waals surface area (Å²) in [7, 11) is 0. The van der Waals surface area contributed by atoms with E-state index in [9.17, 15) is 4.79 Å². The van der Waals surface area contributed by atoms with Crippen LogP contribution in [0.25, 0.3) is 21.7 Å². The smallest absolute Gasteiger partial charge is 0.194 e. The van der Waals surface area contributed by atoms with Gasteiger partial charge in [0, 0.05) is 12.3 Å². The Morgan fingerprint density at radius 1 is 1.06 bits per heavy atom. The highest BCUT2D eigenvalue weighted by atomic mass is 16.3. The number of rotatable bonds is 1. The van der Waals surface area contributed by atoms with Crippen LogP contribution in [0.5, 0.6) is 0 Å². The van der Waals surface area contributed by atoms with Gasteiger partial charge in [-0.05, 0) is 22.9 Å². The molecule has 2 nitrogen and oxygen atoms in total. The number of carbonyl (C=O) groups is 1. The maximum Gasteiger partial charge on any atom is 0.194 e. The Morgan fingerprint density at radius 2 is 1.88 bits per heavy atom. The van der Waals surface area contributed by atoms with Crippen LogP contribution in [0.2, 0.25) is 0 Å². The highest BCUT2D eigenvalue weighted by Crippen LogP contribution is 2.28. The maximum absolute atomic E-state index is 11.3. The van der Waals surface area contributed by atoms with Crippen molar-refractivity contribution >= 4 is 27.5 Å². The van der Waals surface area contributed by atoms with Crippen LogP contribution in [-0.2, 0) is 0 Å². The van der Waals surface area contributed by atoms with Crippen molar-refractivity contribution in [2.75, 3.05) is 0 Å². The third kappa shape index (κ3) is 1.23. The standard InChI is InChI=1S/C14H10O2/c1-9(15)14-8-12-11-5-3-2-4-10(11)6-7-13(12)16-14/h2-8H,1H3. The molecule has 1 heterocycles. The molecule has 0 aliphatic carbocycles. The van der Waals surface area contributed by atoms with Gasteiger partial charge in [0.2, 0.25) is 0 Å². The average Bonchev–Trinajstić information content (AvgIpc) is 2.73. The van der Waals surface area contributed by atoms with Crippen LogP contribution >= 0.6 is 0 Å². The molecule has 2 aromatic carbocycles. The first kappa shape index (κ1) is 9.16. The molecule has 0 N–H and O–H groups in total. The van der Waals surface area contributed by atoms with Gasteiger partial charge in [-0.25, -0.2) is 0 Å². The summed E-state index contributed by atoms with van der Waals surface area (Å²) in [6.45, 7) is 1.51. The molecular weight excluding hydrogens is 200 g/mol. The molecule has 0 saturated carbocycles. The first-order valence-corrected chi connectivity index (χ1v) is 5.18. The predicted molar refractivity (Wildman–Crippen MR) is 63.7 cm³/mol. The van der Waals surface area contributed by atoms with Crippen LogP contribution in [0.1, 0.15) is 17.5 Å². The van der Waals surface area contributed by atoms with Crippen LogP contribution < -0.4 is 0 Å². The first-order valence-electron chi connectivity index (χ1n) is 5.18. The van der Waals surface area contributed by atoms with Gasteiger partial charge < -0.3 is 4.42 Å². The number of fused-ring (bicyclic) bond motifs is 3. The fourth-order valence-electron chi connectivity index (χ4n) is 1.97. The van der Waals surface area contributed by atoms with Crippen molar-refractivity contribution in [3.63, 3.8) is 0 Å². The number of ketones is 1. The molecule has 0 unspecified atom stereocenters. The molecule has 3 rings (SSSR count). The van der Waals surface area contributed by atoms with E-state index in [1.165, 1.54) is 6.92 Å². The summed E-state index contributed by atoms with van der Waals surface area (Å²) in [4.78, 5) is 11.3. The van der Waals surface area contributed by atoms with E-state index in [1.807, 2.05) is 36.4 Å². The van der Waals surface area contributed by atoms with Crippen molar-refractivity contribution < 1.29 is 9.21 Å². The molecule has 0 aliphatic rings. The quantitative estimate of drug-likeness (QED) is 0.572. The normalized spacial score (nSPS) is 11.1. The van der Waals surface area contributed by atoms with Crippen molar-refractivity contribution in [3.05, 3.63) is 48.2 Å². The van der Waals surface area contributed by atoms with Crippen molar-refractivity contribution in [1.82, 2.24) is 0 Å². The van der Waals surface area contributed by atoms with E-state index in [0.717, 1.165) is 21.7 Å². The summed E-state index contributed by atoms with van der Waals surface area (Å²) in [5, 5.41) is 3.28. The number of carbonyl (C=O) groups excluding carboxylic acids is 1. The fraction of sp³-hybridized carbons (Fsp3) is 0.0714. The van der Waals surface area contributed by atoms with Crippen molar-refractivity contribution in [3.8, 4) is 0 Å². The van der Waals surface area contributed by atoms with Crippen LogP contribution in [0.3, 0.4) is 0 Å². The van der Waals surface area contributed by atoms with Crippen molar-refractivity contribution in [2.24, 2.45) is 0 Å². The van der Waals surface area contributed by atoms with E-state index in [2.05, 4.69) is 6.07 Å². The summed E-state index contributed by atoms with van der Waals surface area (Å²) >= 11 is 0. The third-order valence-corrected chi connectivity index (χ3v) is 2.77. The highest BCUT2D eigenvalue weighted by molar-refractivity contribution is 6.08. The monoisotopic (exact) mass is 210 g/mol. The van der Waals surface area contributed by atoms with Gasteiger partial charge in [0.25, 0.3) is 0 Å². The summed E-state index contributed by atoms with van der Waals surface area (Å²) in [5.41, 5.74) is 0.768. The zero-order valence-corrected chi connectivity index (χ0v) is 8.86. The number of furan rings is 1. The molecule has 1 aromatic heterocycles. The topological polar surface area (TPSA) is 30.2 Å². The van der Waals surface area contributed by atoms with Gasteiger partial charge in [0.1, 0.15) is 5.58 Å². The molecule has 0 atom stereocenters. The molecule has 2 heteroatoms. The lowest BCUT2D eigenvalue weighted by atomic mass is 10.1. The zero-order chi connectivity index (χ0) is 11.1. The molecule has 0 amide bonds. The second-order valence-corrected chi connectivity index (χ2v) is 3.87. The molecule has 0 fully saturated rings. The van der Waals surface area contributed by atoms with Gasteiger partial charge >= 0.3 is 0 Å². The van der Waals surface area contributed by atoms with Crippen LogP contribution in [0, 0.1) is 0 Å². The van der Waals surface area contributed by atoms with E-state index < -0.39 is 0 Å². The second-order valence-electron chi connectivity index (χ2n) is 3.87. The van der Waals surface area contributed by atoms with Crippen molar-refractivity contribution in [2.45, 2.75) is 6.92 Å². The van der Waals surface area contributed by atoms with Crippen LogP contribution in [0.4, 0.5) is 0 Å². The average molecular weight is 210 g/mol. The van der Waals surface area contributed by atoms with Gasteiger partial charge in [-0.3, -0.25) is 4.79 Å². The Balaban J connectivity index is 2.46. The summed E-state index contributed by atoms with van der Waals surface area (Å²) in [5.74, 6) is 0.381. The van der Waals surface area contributed by atoms with E-state index in [-0.39, 0.29) is 5.78 Å². The lowest BCUT2D eigenvalue weighted by molar-refractivity contribution is 0.0989. The minimum Gasteiger partial charge on any atom is -0.453 e. The van der Waals surface area contributed by atoms with E-state index in [1.54, 1.807) is 0 Å². The zero-order valence-electron chi connectivity index (χ0n) is 8.86. The molecule has 0 bridgehead atoms. The molecular formula is C14H10O2. The van der Waals surface area contributed by atoms with Gasteiger partial charge in [-0.1, -0.05) is 30.3 Å². The summed E-state index contributed by atoms with van der Waals surface area (Å²) in [6, 6.07) is 13.8. The summed E-state index contributed by atoms with van der Waals surface area (Å²) in [6.07, 6.45) is 0. The largest absolute Gasteiger partial charge is 0.453 e. The number of hydrogen-bond donors (Lipinski definition) is 0. The Morgan fingerprint density at radius 3 is 2.69 bits per heavy atom. The first-order chi connectivity index (χ1) is 7.75.